The molecule has 0 spiro atoms. The van der Waals surface area contributed by atoms with Crippen molar-refractivity contribution < 1.29 is 4.39 Å². The van der Waals surface area contributed by atoms with Crippen LogP contribution in [0.25, 0.3) is 28.0 Å². The number of rotatable bonds is 3. The van der Waals surface area contributed by atoms with E-state index in [1.165, 1.54) is 6.07 Å². The second-order valence-corrected chi connectivity index (χ2v) is 8.36. The van der Waals surface area contributed by atoms with Crippen molar-refractivity contribution in [1.82, 2.24) is 19.7 Å². The van der Waals surface area contributed by atoms with Gasteiger partial charge in [-0.15, -0.1) is 5.10 Å². The Bertz CT molecular complexity index is 1260. The zero-order chi connectivity index (χ0) is 21.5. The number of nitrogens with two attached hydrogens (primary N) is 1. The predicted octanol–water partition coefficient (Wildman–Crippen LogP) is 4.75. The number of hydrogen-bond donors (Lipinski definition) is 1. The summed E-state index contributed by atoms with van der Waals surface area (Å²) in [4.78, 5) is 11.7. The quantitative estimate of drug-likeness (QED) is 0.522. The van der Waals surface area contributed by atoms with E-state index in [1.807, 2.05) is 31.2 Å². The third kappa shape index (κ3) is 3.50. The lowest BCUT2D eigenvalue weighted by Crippen LogP contribution is -2.34. The molecule has 0 atom stereocenters. The third-order valence-corrected chi connectivity index (χ3v) is 6.00. The van der Waals surface area contributed by atoms with E-state index in [-0.39, 0.29) is 5.82 Å². The van der Waals surface area contributed by atoms with Gasteiger partial charge >= 0.3 is 0 Å². The molecular weight excluding hydrogens is 391 g/mol. The van der Waals surface area contributed by atoms with E-state index in [4.69, 9.17) is 20.8 Å². The van der Waals surface area contributed by atoms with E-state index in [2.05, 4.69) is 11.8 Å². The van der Waals surface area contributed by atoms with Crippen LogP contribution in [0.2, 0.25) is 0 Å². The molecule has 31 heavy (non-hydrogen) atoms. The zero-order valence-electron chi connectivity index (χ0n) is 17.7. The van der Waals surface area contributed by atoms with E-state index in [0.29, 0.717) is 40.0 Å². The van der Waals surface area contributed by atoms with Crippen molar-refractivity contribution in [3.63, 3.8) is 0 Å². The van der Waals surface area contributed by atoms with Gasteiger partial charge in [0.15, 0.2) is 5.65 Å². The van der Waals surface area contributed by atoms with Crippen LogP contribution in [0.4, 0.5) is 16.2 Å². The standard InChI is InChI=1S/C24H25FN6/c1-15-10-12-30(13-11-15)24-27-21(18-8-3-4-9-19(18)25)20-22(26)31(29-23(20)28-24)17-7-5-6-16(2)14-17/h3-9,14-15H,10-13,26H2,1-2H3. The number of nitrogen functional groups attached to an aromatic ring is 1. The maximum atomic E-state index is 14.8. The number of nitrogens with zero attached hydrogens (tertiary/aromatic N) is 5. The number of aromatic nitrogens is 4. The molecule has 0 bridgehead atoms. The van der Waals surface area contributed by atoms with E-state index in [1.54, 1.807) is 22.9 Å². The fourth-order valence-electron chi connectivity index (χ4n) is 4.15. The molecule has 0 amide bonds. The fraction of sp³-hybridized carbons (Fsp3) is 0.292. The topological polar surface area (TPSA) is 72.9 Å². The predicted molar refractivity (Wildman–Crippen MR) is 122 cm³/mol. The Morgan fingerprint density at radius 3 is 2.55 bits per heavy atom. The average Bonchev–Trinajstić information content (AvgIpc) is 3.11. The van der Waals surface area contributed by atoms with Crippen molar-refractivity contribution >= 4 is 22.8 Å². The van der Waals surface area contributed by atoms with Gasteiger partial charge in [0.25, 0.3) is 0 Å². The maximum absolute atomic E-state index is 14.8. The van der Waals surface area contributed by atoms with Crippen LogP contribution in [0, 0.1) is 18.7 Å². The molecule has 5 rings (SSSR count). The summed E-state index contributed by atoms with van der Waals surface area (Å²) >= 11 is 0. The minimum absolute atomic E-state index is 0.344. The Balaban J connectivity index is 1.74. The van der Waals surface area contributed by atoms with Gasteiger partial charge in [0.05, 0.1) is 16.8 Å². The third-order valence-electron chi connectivity index (χ3n) is 6.00. The van der Waals surface area contributed by atoms with Crippen molar-refractivity contribution in [1.29, 1.82) is 0 Å². The highest BCUT2D eigenvalue weighted by Crippen LogP contribution is 2.35. The highest BCUT2D eigenvalue weighted by Gasteiger charge is 2.24. The lowest BCUT2D eigenvalue weighted by Gasteiger charge is -2.30. The number of fused-ring (bicyclic) bond motifs is 1. The summed E-state index contributed by atoms with van der Waals surface area (Å²) in [7, 11) is 0. The van der Waals surface area contributed by atoms with Crippen molar-refractivity contribution in [3.8, 4) is 16.9 Å². The molecule has 158 valence electrons. The number of benzene rings is 2. The number of anilines is 2. The Kier molecular flexibility index (Phi) is 4.81. The van der Waals surface area contributed by atoms with Crippen LogP contribution in [0.3, 0.4) is 0 Å². The first kappa shape index (κ1) is 19.5. The molecule has 7 heteroatoms. The van der Waals surface area contributed by atoms with Crippen molar-refractivity contribution in [3.05, 3.63) is 59.9 Å². The molecule has 2 aromatic carbocycles. The first-order chi connectivity index (χ1) is 15.0. The molecule has 1 aliphatic rings. The first-order valence-corrected chi connectivity index (χ1v) is 10.6. The van der Waals surface area contributed by atoms with E-state index >= 15 is 0 Å². The van der Waals surface area contributed by atoms with Gasteiger partial charge in [-0.05, 0) is 55.5 Å². The van der Waals surface area contributed by atoms with Gasteiger partial charge in [-0.3, -0.25) is 0 Å². The molecule has 3 heterocycles. The summed E-state index contributed by atoms with van der Waals surface area (Å²) in [5.41, 5.74) is 9.83. The second-order valence-electron chi connectivity index (χ2n) is 8.36. The van der Waals surface area contributed by atoms with Crippen LogP contribution in [-0.2, 0) is 0 Å². The largest absolute Gasteiger partial charge is 0.383 e. The Labute approximate surface area is 180 Å². The Morgan fingerprint density at radius 2 is 1.81 bits per heavy atom. The van der Waals surface area contributed by atoms with E-state index in [9.17, 15) is 4.39 Å². The van der Waals surface area contributed by atoms with Crippen LogP contribution < -0.4 is 10.6 Å². The smallest absolute Gasteiger partial charge is 0.228 e. The summed E-state index contributed by atoms with van der Waals surface area (Å²) in [5, 5.41) is 5.27. The molecule has 1 aliphatic heterocycles. The summed E-state index contributed by atoms with van der Waals surface area (Å²) in [6, 6.07) is 14.6. The molecule has 1 fully saturated rings. The van der Waals surface area contributed by atoms with Gasteiger partial charge in [0.2, 0.25) is 5.95 Å². The molecule has 1 saturated heterocycles. The van der Waals surface area contributed by atoms with Gasteiger partial charge in [-0.1, -0.05) is 31.2 Å². The monoisotopic (exact) mass is 416 g/mol. The minimum Gasteiger partial charge on any atom is -0.383 e. The first-order valence-electron chi connectivity index (χ1n) is 10.6. The van der Waals surface area contributed by atoms with Gasteiger partial charge in [0.1, 0.15) is 11.6 Å². The normalized spacial score (nSPS) is 15.0. The maximum Gasteiger partial charge on any atom is 0.228 e. The molecule has 0 saturated carbocycles. The summed E-state index contributed by atoms with van der Waals surface area (Å²) in [6.07, 6.45) is 2.16. The highest BCUT2D eigenvalue weighted by atomic mass is 19.1. The second kappa shape index (κ2) is 7.65. The SMILES string of the molecule is Cc1cccc(-n2nc3nc(N4CCC(C)CC4)nc(-c4ccccc4F)c3c2N)c1. The fourth-order valence-corrected chi connectivity index (χ4v) is 4.15. The number of piperidine rings is 1. The van der Waals surface area contributed by atoms with Crippen LogP contribution in [0.1, 0.15) is 25.3 Å². The van der Waals surface area contributed by atoms with Crippen molar-refractivity contribution in [2.45, 2.75) is 26.7 Å². The van der Waals surface area contributed by atoms with Gasteiger partial charge in [-0.2, -0.15) is 4.98 Å². The van der Waals surface area contributed by atoms with Gasteiger partial charge in [0, 0.05) is 18.7 Å². The number of halogens is 1. The van der Waals surface area contributed by atoms with Crippen LogP contribution in [-0.4, -0.2) is 32.8 Å². The summed E-state index contributed by atoms with van der Waals surface area (Å²) in [6.45, 7) is 6.02. The molecule has 6 nitrogen and oxygen atoms in total. The van der Waals surface area contributed by atoms with Crippen LogP contribution >= 0.6 is 0 Å². The highest BCUT2D eigenvalue weighted by molar-refractivity contribution is 5.99. The number of hydrogen-bond acceptors (Lipinski definition) is 5. The molecule has 0 aliphatic carbocycles. The zero-order valence-corrected chi connectivity index (χ0v) is 17.7. The molecule has 2 aromatic heterocycles. The Hall–Kier alpha value is -3.48. The summed E-state index contributed by atoms with van der Waals surface area (Å²) < 4.78 is 16.5. The van der Waals surface area contributed by atoms with Crippen molar-refractivity contribution in [2.24, 2.45) is 5.92 Å². The average molecular weight is 417 g/mol. The lowest BCUT2D eigenvalue weighted by atomic mass is 9.99. The number of aryl methyl sites for hydroxylation is 1. The summed E-state index contributed by atoms with van der Waals surface area (Å²) in [5.74, 6) is 1.31. The molecular formula is C24H25FN6. The molecule has 0 unspecified atom stereocenters. The van der Waals surface area contributed by atoms with Crippen LogP contribution in [0.5, 0.6) is 0 Å². The minimum atomic E-state index is -0.344. The lowest BCUT2D eigenvalue weighted by molar-refractivity contribution is 0.434. The van der Waals surface area contributed by atoms with Gasteiger partial charge < -0.3 is 10.6 Å². The van der Waals surface area contributed by atoms with Crippen molar-refractivity contribution in [2.75, 3.05) is 23.7 Å². The van der Waals surface area contributed by atoms with Crippen LogP contribution in [0.15, 0.2) is 48.5 Å². The van der Waals surface area contributed by atoms with E-state index < -0.39 is 0 Å². The molecule has 4 aromatic rings. The van der Waals surface area contributed by atoms with Gasteiger partial charge in [-0.25, -0.2) is 14.1 Å². The Morgan fingerprint density at radius 1 is 1.03 bits per heavy atom. The van der Waals surface area contributed by atoms with E-state index in [0.717, 1.165) is 37.2 Å². The molecule has 0 radical (unpaired) electrons. The molecule has 2 N–H and O–H groups in total.